The van der Waals surface area contributed by atoms with Gasteiger partial charge in [-0.2, -0.15) is 0 Å². The van der Waals surface area contributed by atoms with E-state index in [0.717, 1.165) is 11.3 Å². The molecule has 0 aliphatic rings. The van der Waals surface area contributed by atoms with E-state index in [9.17, 15) is 9.90 Å². The summed E-state index contributed by atoms with van der Waals surface area (Å²) in [5.41, 5.74) is 2.40. The summed E-state index contributed by atoms with van der Waals surface area (Å²) < 4.78 is 5.41. The van der Waals surface area contributed by atoms with Crippen LogP contribution in [0, 0.1) is 0 Å². The van der Waals surface area contributed by atoms with E-state index in [1.807, 2.05) is 44.2 Å². The van der Waals surface area contributed by atoms with Gasteiger partial charge in [0.15, 0.2) is 0 Å². The molecule has 0 unspecified atom stereocenters. The van der Waals surface area contributed by atoms with Crippen molar-refractivity contribution in [1.82, 2.24) is 4.98 Å². The van der Waals surface area contributed by atoms with Crippen molar-refractivity contribution in [2.45, 2.75) is 19.8 Å². The molecule has 0 bridgehead atoms. The molecule has 1 aromatic carbocycles. The molecule has 0 saturated heterocycles. The fourth-order valence-corrected chi connectivity index (χ4v) is 2.46. The highest BCUT2D eigenvalue weighted by molar-refractivity contribution is 6.01. The summed E-state index contributed by atoms with van der Waals surface area (Å²) in [5, 5.41) is 9.74. The van der Waals surface area contributed by atoms with Gasteiger partial charge in [-0.25, -0.2) is 9.78 Å². The van der Waals surface area contributed by atoms with Crippen molar-refractivity contribution >= 4 is 11.8 Å². The van der Waals surface area contributed by atoms with Crippen LogP contribution >= 0.6 is 0 Å². The second-order valence-corrected chi connectivity index (χ2v) is 5.85. The van der Waals surface area contributed by atoms with Gasteiger partial charge < -0.3 is 14.7 Å². The molecular weight excluding hydrogens is 292 g/mol. The number of hydrogen-bond donors (Lipinski definition) is 1. The van der Waals surface area contributed by atoms with Crippen molar-refractivity contribution < 1.29 is 14.6 Å². The van der Waals surface area contributed by atoms with E-state index >= 15 is 0 Å². The molecule has 5 nitrogen and oxygen atoms in total. The SMILES string of the molecule is COc1ccccc1-c1cc(C(C)C)nc(N(C)C)c1C(=O)O. The number of hydrogen-bond acceptors (Lipinski definition) is 4. The first kappa shape index (κ1) is 16.8. The van der Waals surface area contributed by atoms with E-state index < -0.39 is 5.97 Å². The van der Waals surface area contributed by atoms with Crippen LogP contribution in [0.2, 0.25) is 0 Å². The van der Waals surface area contributed by atoms with E-state index in [4.69, 9.17) is 4.74 Å². The van der Waals surface area contributed by atoms with Gasteiger partial charge in [0.1, 0.15) is 17.1 Å². The number of carboxylic acid groups (broad SMARTS) is 1. The maximum absolute atomic E-state index is 11.9. The largest absolute Gasteiger partial charge is 0.496 e. The predicted octanol–water partition coefficient (Wildman–Crippen LogP) is 3.64. The van der Waals surface area contributed by atoms with E-state index in [1.54, 1.807) is 26.1 Å². The van der Waals surface area contributed by atoms with Gasteiger partial charge in [-0.1, -0.05) is 32.0 Å². The lowest BCUT2D eigenvalue weighted by atomic mass is 9.96. The van der Waals surface area contributed by atoms with Gasteiger partial charge in [0.2, 0.25) is 0 Å². The van der Waals surface area contributed by atoms with Gasteiger partial charge in [0.25, 0.3) is 0 Å². The molecule has 1 heterocycles. The highest BCUT2D eigenvalue weighted by atomic mass is 16.5. The number of methoxy groups -OCH3 is 1. The molecule has 0 aliphatic carbocycles. The van der Waals surface area contributed by atoms with Gasteiger partial charge in [-0.3, -0.25) is 0 Å². The van der Waals surface area contributed by atoms with Crippen LogP contribution in [0.5, 0.6) is 5.75 Å². The summed E-state index contributed by atoms with van der Waals surface area (Å²) in [7, 11) is 5.17. The molecule has 0 fully saturated rings. The lowest BCUT2D eigenvalue weighted by molar-refractivity contribution is 0.0698. The highest BCUT2D eigenvalue weighted by Crippen LogP contribution is 2.37. The Bertz CT molecular complexity index is 724. The number of nitrogens with zero attached hydrogens (tertiary/aromatic N) is 2. The molecule has 2 rings (SSSR count). The molecule has 1 N–H and O–H groups in total. The Kier molecular flexibility index (Phi) is 4.89. The molecule has 23 heavy (non-hydrogen) atoms. The van der Waals surface area contributed by atoms with Crippen molar-refractivity contribution in [3.63, 3.8) is 0 Å². The fourth-order valence-electron chi connectivity index (χ4n) is 2.46. The Balaban J connectivity index is 2.86. The molecule has 122 valence electrons. The van der Waals surface area contributed by atoms with Gasteiger partial charge in [0.05, 0.1) is 7.11 Å². The van der Waals surface area contributed by atoms with Crippen LogP contribution in [0.1, 0.15) is 35.8 Å². The quantitative estimate of drug-likeness (QED) is 0.913. The standard InChI is InChI=1S/C18H22N2O3/c1-11(2)14-10-13(12-8-6-7-9-15(12)23-5)16(18(21)22)17(19-14)20(3)4/h6-11H,1-5H3,(H,21,22). The van der Waals surface area contributed by atoms with Crippen molar-refractivity contribution in [2.24, 2.45) is 0 Å². The second-order valence-electron chi connectivity index (χ2n) is 5.85. The van der Waals surface area contributed by atoms with Crippen LogP contribution in [0.15, 0.2) is 30.3 Å². The average molecular weight is 314 g/mol. The number of ether oxygens (including phenoxy) is 1. The maximum atomic E-state index is 11.9. The van der Waals surface area contributed by atoms with Gasteiger partial charge in [0, 0.05) is 30.9 Å². The molecule has 0 radical (unpaired) electrons. The Morgan fingerprint density at radius 3 is 2.39 bits per heavy atom. The molecule has 0 aliphatic heterocycles. The van der Waals surface area contributed by atoms with Gasteiger partial charge >= 0.3 is 5.97 Å². The summed E-state index contributed by atoms with van der Waals surface area (Å²) in [6.07, 6.45) is 0. The minimum atomic E-state index is -1.00. The highest BCUT2D eigenvalue weighted by Gasteiger charge is 2.23. The average Bonchev–Trinajstić information content (AvgIpc) is 2.53. The number of anilines is 1. The topological polar surface area (TPSA) is 62.7 Å². The number of pyridine rings is 1. The van der Waals surface area contributed by atoms with Crippen LogP contribution in [-0.2, 0) is 0 Å². The maximum Gasteiger partial charge on any atom is 0.340 e. The number of para-hydroxylation sites is 1. The number of benzene rings is 1. The zero-order chi connectivity index (χ0) is 17.1. The van der Waals surface area contributed by atoms with Crippen molar-refractivity contribution in [3.05, 3.63) is 41.6 Å². The number of aromatic nitrogens is 1. The molecule has 1 aromatic heterocycles. The first-order chi connectivity index (χ1) is 10.9. The third kappa shape index (κ3) is 3.28. The molecular formula is C18H22N2O3. The van der Waals surface area contributed by atoms with Gasteiger partial charge in [-0.05, 0) is 18.1 Å². The van der Waals surface area contributed by atoms with E-state index in [2.05, 4.69) is 4.98 Å². The molecule has 0 spiro atoms. The fraction of sp³-hybridized carbons (Fsp3) is 0.333. The van der Waals surface area contributed by atoms with Gasteiger partial charge in [-0.15, -0.1) is 0 Å². The van der Waals surface area contributed by atoms with E-state index in [1.165, 1.54) is 0 Å². The number of aromatic carboxylic acids is 1. The Labute approximate surface area is 136 Å². The molecule has 0 atom stereocenters. The number of carbonyl (C=O) groups is 1. The van der Waals surface area contributed by atoms with E-state index in [-0.39, 0.29) is 11.5 Å². The minimum Gasteiger partial charge on any atom is -0.496 e. The Morgan fingerprint density at radius 1 is 1.22 bits per heavy atom. The predicted molar refractivity (Wildman–Crippen MR) is 91.6 cm³/mol. The van der Waals surface area contributed by atoms with Crippen LogP contribution in [-0.4, -0.2) is 37.3 Å². The lowest BCUT2D eigenvalue weighted by Crippen LogP contribution is -2.18. The van der Waals surface area contributed by atoms with E-state index in [0.29, 0.717) is 17.1 Å². The van der Waals surface area contributed by atoms with Crippen LogP contribution in [0.25, 0.3) is 11.1 Å². The molecule has 5 heteroatoms. The Morgan fingerprint density at radius 2 is 1.87 bits per heavy atom. The third-order valence-electron chi connectivity index (χ3n) is 3.65. The van der Waals surface area contributed by atoms with Crippen molar-refractivity contribution in [2.75, 3.05) is 26.1 Å². The number of rotatable bonds is 5. The summed E-state index contributed by atoms with van der Waals surface area (Å²) >= 11 is 0. The van der Waals surface area contributed by atoms with Crippen molar-refractivity contribution in [3.8, 4) is 16.9 Å². The smallest absolute Gasteiger partial charge is 0.340 e. The summed E-state index contributed by atoms with van der Waals surface area (Å²) in [5.74, 6) is 0.271. The zero-order valence-electron chi connectivity index (χ0n) is 14.1. The monoisotopic (exact) mass is 314 g/mol. The lowest BCUT2D eigenvalue weighted by Gasteiger charge is -2.21. The zero-order valence-corrected chi connectivity index (χ0v) is 14.1. The summed E-state index contributed by atoms with van der Waals surface area (Å²) in [4.78, 5) is 18.2. The first-order valence-corrected chi connectivity index (χ1v) is 7.45. The van der Waals surface area contributed by atoms with Crippen molar-refractivity contribution in [1.29, 1.82) is 0 Å². The summed E-state index contributed by atoms with van der Waals surface area (Å²) in [6, 6.07) is 9.27. The third-order valence-corrected chi connectivity index (χ3v) is 3.65. The Hall–Kier alpha value is -2.56. The summed E-state index contributed by atoms with van der Waals surface area (Å²) in [6.45, 7) is 4.07. The molecule has 0 saturated carbocycles. The first-order valence-electron chi connectivity index (χ1n) is 7.45. The molecule has 0 amide bonds. The van der Waals surface area contributed by atoms with Crippen LogP contribution in [0.4, 0.5) is 5.82 Å². The molecule has 2 aromatic rings. The van der Waals surface area contributed by atoms with Crippen LogP contribution in [0.3, 0.4) is 0 Å². The normalized spacial score (nSPS) is 10.7. The second kappa shape index (κ2) is 6.69. The minimum absolute atomic E-state index is 0.184. The number of carboxylic acids is 1. The van der Waals surface area contributed by atoms with Crippen LogP contribution < -0.4 is 9.64 Å².